The minimum absolute atomic E-state index is 0.0447. The summed E-state index contributed by atoms with van der Waals surface area (Å²) >= 11 is 0. The van der Waals surface area contributed by atoms with Gasteiger partial charge in [0.05, 0.1) is 18.6 Å². The van der Waals surface area contributed by atoms with Crippen molar-refractivity contribution in [3.63, 3.8) is 0 Å². The van der Waals surface area contributed by atoms with Gasteiger partial charge in [0.1, 0.15) is 0 Å². The van der Waals surface area contributed by atoms with Crippen molar-refractivity contribution in [2.24, 2.45) is 0 Å². The molecular weight excluding hydrogens is 226 g/mol. The molecule has 0 unspecified atom stereocenters. The topological polar surface area (TPSA) is 50.1 Å². The van der Waals surface area contributed by atoms with Gasteiger partial charge in [0, 0.05) is 24.3 Å². The second-order valence-corrected chi connectivity index (χ2v) is 5.88. The Labute approximate surface area is 108 Å². The van der Waals surface area contributed by atoms with Crippen molar-refractivity contribution in [1.82, 2.24) is 14.9 Å². The number of aromatic nitrogens is 2. The summed E-state index contributed by atoms with van der Waals surface area (Å²) in [5.74, 6) is 0. The molecule has 0 bridgehead atoms. The van der Waals surface area contributed by atoms with Gasteiger partial charge < -0.3 is 15.0 Å². The highest BCUT2D eigenvalue weighted by Gasteiger charge is 2.31. The van der Waals surface area contributed by atoms with Crippen LogP contribution in [0.1, 0.15) is 56.7 Å². The van der Waals surface area contributed by atoms with Gasteiger partial charge in [-0.3, -0.25) is 0 Å². The Morgan fingerprint density at radius 1 is 1.33 bits per heavy atom. The van der Waals surface area contributed by atoms with Gasteiger partial charge in [-0.05, 0) is 25.7 Å². The molecule has 0 aromatic carbocycles. The van der Waals surface area contributed by atoms with Crippen LogP contribution >= 0.6 is 0 Å². The monoisotopic (exact) mass is 249 g/mol. The molecule has 0 spiro atoms. The SMILES string of the molecule is OCC1(NCc2cncn2C2CC2)CCCCC1. The van der Waals surface area contributed by atoms with Crippen molar-refractivity contribution in [3.05, 3.63) is 18.2 Å². The van der Waals surface area contributed by atoms with Crippen molar-refractivity contribution in [2.75, 3.05) is 6.61 Å². The van der Waals surface area contributed by atoms with Crippen LogP contribution in [0.3, 0.4) is 0 Å². The minimum Gasteiger partial charge on any atom is -0.394 e. The van der Waals surface area contributed by atoms with E-state index in [1.165, 1.54) is 37.8 Å². The molecule has 3 rings (SSSR count). The molecule has 0 aliphatic heterocycles. The molecule has 1 aromatic heterocycles. The second-order valence-electron chi connectivity index (χ2n) is 5.88. The maximum absolute atomic E-state index is 9.68. The first-order chi connectivity index (χ1) is 8.83. The van der Waals surface area contributed by atoms with E-state index in [4.69, 9.17) is 0 Å². The van der Waals surface area contributed by atoms with Crippen LogP contribution in [0.15, 0.2) is 12.5 Å². The van der Waals surface area contributed by atoms with Crippen molar-refractivity contribution in [2.45, 2.75) is 63.1 Å². The lowest BCUT2D eigenvalue weighted by Crippen LogP contribution is -2.49. The smallest absolute Gasteiger partial charge is 0.0951 e. The normalized spacial score (nSPS) is 23.2. The Bertz CT molecular complexity index is 391. The molecule has 0 atom stereocenters. The second kappa shape index (κ2) is 5.02. The Morgan fingerprint density at radius 3 is 2.78 bits per heavy atom. The number of rotatable bonds is 5. The molecule has 2 fully saturated rings. The summed E-state index contributed by atoms with van der Waals surface area (Å²) in [4.78, 5) is 4.26. The molecule has 1 heterocycles. The molecular formula is C14H23N3O. The average molecular weight is 249 g/mol. The maximum Gasteiger partial charge on any atom is 0.0951 e. The molecule has 4 heteroatoms. The van der Waals surface area contributed by atoms with Crippen LogP contribution in [-0.4, -0.2) is 26.8 Å². The highest BCUT2D eigenvalue weighted by molar-refractivity contribution is 5.05. The van der Waals surface area contributed by atoms with Gasteiger partial charge in [-0.15, -0.1) is 0 Å². The lowest BCUT2D eigenvalue weighted by Gasteiger charge is -2.36. The molecule has 2 aliphatic carbocycles. The van der Waals surface area contributed by atoms with Gasteiger partial charge in [-0.1, -0.05) is 19.3 Å². The van der Waals surface area contributed by atoms with Crippen molar-refractivity contribution in [1.29, 1.82) is 0 Å². The van der Waals surface area contributed by atoms with E-state index in [1.807, 2.05) is 12.5 Å². The summed E-state index contributed by atoms with van der Waals surface area (Å²) in [6, 6.07) is 0.681. The van der Waals surface area contributed by atoms with Gasteiger partial charge in [-0.25, -0.2) is 4.98 Å². The van der Waals surface area contributed by atoms with Crippen LogP contribution in [0.4, 0.5) is 0 Å². The van der Waals surface area contributed by atoms with Gasteiger partial charge >= 0.3 is 0 Å². The summed E-state index contributed by atoms with van der Waals surface area (Å²) in [5, 5.41) is 13.3. The molecule has 100 valence electrons. The number of hydrogen-bond acceptors (Lipinski definition) is 3. The van der Waals surface area contributed by atoms with Crippen LogP contribution in [-0.2, 0) is 6.54 Å². The van der Waals surface area contributed by atoms with Gasteiger partial charge in [0.25, 0.3) is 0 Å². The zero-order valence-corrected chi connectivity index (χ0v) is 10.9. The van der Waals surface area contributed by atoms with E-state index in [9.17, 15) is 5.11 Å². The highest BCUT2D eigenvalue weighted by atomic mass is 16.3. The van der Waals surface area contributed by atoms with E-state index in [1.54, 1.807) is 0 Å². The Morgan fingerprint density at radius 2 is 2.11 bits per heavy atom. The van der Waals surface area contributed by atoms with Crippen LogP contribution < -0.4 is 5.32 Å². The number of hydrogen-bond donors (Lipinski definition) is 2. The summed E-state index contributed by atoms with van der Waals surface area (Å²) in [7, 11) is 0. The van der Waals surface area contributed by atoms with E-state index >= 15 is 0 Å². The molecule has 1 aromatic rings. The Balaban J connectivity index is 1.63. The predicted octanol–water partition coefficient (Wildman–Crippen LogP) is 2.00. The lowest BCUT2D eigenvalue weighted by molar-refractivity contribution is 0.119. The van der Waals surface area contributed by atoms with Crippen molar-refractivity contribution in [3.8, 4) is 0 Å². The molecule has 0 radical (unpaired) electrons. The summed E-state index contributed by atoms with van der Waals surface area (Å²) in [6.45, 7) is 1.08. The Kier molecular flexibility index (Phi) is 3.39. The summed E-state index contributed by atoms with van der Waals surface area (Å²) < 4.78 is 2.29. The third-order valence-corrected chi connectivity index (χ3v) is 4.44. The fraction of sp³-hybridized carbons (Fsp3) is 0.786. The first-order valence-electron chi connectivity index (χ1n) is 7.20. The quantitative estimate of drug-likeness (QED) is 0.839. The summed E-state index contributed by atoms with van der Waals surface area (Å²) in [6.07, 6.45) is 12.4. The third-order valence-electron chi connectivity index (χ3n) is 4.44. The fourth-order valence-electron chi connectivity index (χ4n) is 3.05. The standard InChI is InChI=1S/C14H23N3O/c18-10-14(6-2-1-3-7-14)16-9-13-8-15-11-17(13)12-4-5-12/h8,11-12,16,18H,1-7,9-10H2. The minimum atomic E-state index is -0.0447. The van der Waals surface area contributed by atoms with Gasteiger partial charge in [0.15, 0.2) is 0 Å². The van der Waals surface area contributed by atoms with E-state index in [-0.39, 0.29) is 12.1 Å². The number of imidazole rings is 1. The molecule has 2 N–H and O–H groups in total. The van der Waals surface area contributed by atoms with E-state index in [0.29, 0.717) is 6.04 Å². The zero-order chi connectivity index (χ0) is 12.4. The zero-order valence-electron chi connectivity index (χ0n) is 10.9. The number of aliphatic hydroxyl groups is 1. The highest BCUT2D eigenvalue weighted by Crippen LogP contribution is 2.36. The van der Waals surface area contributed by atoms with Crippen molar-refractivity contribution < 1.29 is 5.11 Å². The van der Waals surface area contributed by atoms with Crippen LogP contribution in [0.25, 0.3) is 0 Å². The molecule has 4 nitrogen and oxygen atoms in total. The molecule has 0 amide bonds. The van der Waals surface area contributed by atoms with Gasteiger partial charge in [-0.2, -0.15) is 0 Å². The van der Waals surface area contributed by atoms with Crippen LogP contribution in [0.5, 0.6) is 0 Å². The molecule has 2 saturated carbocycles. The van der Waals surface area contributed by atoms with E-state index in [0.717, 1.165) is 19.4 Å². The average Bonchev–Trinajstić information content (AvgIpc) is 3.16. The van der Waals surface area contributed by atoms with E-state index in [2.05, 4.69) is 14.9 Å². The first-order valence-corrected chi connectivity index (χ1v) is 7.20. The fourth-order valence-corrected chi connectivity index (χ4v) is 3.05. The third kappa shape index (κ3) is 2.45. The van der Waals surface area contributed by atoms with E-state index < -0.39 is 0 Å². The number of nitrogens with one attached hydrogen (secondary N) is 1. The Hall–Kier alpha value is -0.870. The molecule has 18 heavy (non-hydrogen) atoms. The van der Waals surface area contributed by atoms with Gasteiger partial charge in [0.2, 0.25) is 0 Å². The number of aliphatic hydroxyl groups excluding tert-OH is 1. The van der Waals surface area contributed by atoms with Crippen LogP contribution in [0.2, 0.25) is 0 Å². The molecule has 2 aliphatic rings. The van der Waals surface area contributed by atoms with Crippen molar-refractivity contribution >= 4 is 0 Å². The summed E-state index contributed by atoms with van der Waals surface area (Å²) in [5.41, 5.74) is 1.22. The largest absolute Gasteiger partial charge is 0.394 e. The van der Waals surface area contributed by atoms with Crippen LogP contribution in [0, 0.1) is 0 Å². The first kappa shape index (κ1) is 12.2. The maximum atomic E-state index is 9.68. The number of nitrogens with zero attached hydrogens (tertiary/aromatic N) is 2. The lowest BCUT2D eigenvalue weighted by atomic mass is 9.82. The molecule has 0 saturated heterocycles. The predicted molar refractivity (Wildman–Crippen MR) is 70.2 cm³/mol.